The largest absolute Gasteiger partial charge is 0.376 e. The lowest BCUT2D eigenvalue weighted by molar-refractivity contribution is 0.0659. The van der Waals surface area contributed by atoms with E-state index in [0.29, 0.717) is 6.10 Å². The van der Waals surface area contributed by atoms with Gasteiger partial charge < -0.3 is 10.1 Å². The molecule has 1 aliphatic carbocycles. The standard InChI is InChI=1S/C10H17N3OS/c1-8-12-10(15-13-8)11-6-7-14-9-4-2-3-5-9/h9H,2-7H2,1H3,(H,11,12,13). The number of aryl methyl sites for hydroxylation is 1. The van der Waals surface area contributed by atoms with Crippen molar-refractivity contribution >= 4 is 16.7 Å². The average molecular weight is 227 g/mol. The maximum atomic E-state index is 5.73. The highest BCUT2D eigenvalue weighted by Crippen LogP contribution is 2.20. The molecule has 15 heavy (non-hydrogen) atoms. The van der Waals surface area contributed by atoms with Crippen molar-refractivity contribution in [1.29, 1.82) is 0 Å². The van der Waals surface area contributed by atoms with Crippen LogP contribution in [-0.4, -0.2) is 28.6 Å². The molecule has 1 heterocycles. The number of hydrogen-bond acceptors (Lipinski definition) is 5. The molecule has 0 spiro atoms. The van der Waals surface area contributed by atoms with E-state index in [4.69, 9.17) is 4.74 Å². The highest BCUT2D eigenvalue weighted by atomic mass is 32.1. The Labute approximate surface area is 94.2 Å². The number of rotatable bonds is 5. The Morgan fingerprint density at radius 1 is 1.47 bits per heavy atom. The first kappa shape index (κ1) is 10.8. The van der Waals surface area contributed by atoms with Gasteiger partial charge in [-0.25, -0.2) is 4.98 Å². The number of hydrogen-bond donors (Lipinski definition) is 1. The molecule has 0 radical (unpaired) electrons. The molecule has 0 bridgehead atoms. The van der Waals surface area contributed by atoms with E-state index >= 15 is 0 Å². The molecule has 0 atom stereocenters. The zero-order chi connectivity index (χ0) is 10.5. The molecule has 0 unspecified atom stereocenters. The van der Waals surface area contributed by atoms with E-state index in [1.54, 1.807) is 0 Å². The summed E-state index contributed by atoms with van der Waals surface area (Å²) in [4.78, 5) is 4.22. The molecule has 0 aromatic carbocycles. The fourth-order valence-electron chi connectivity index (χ4n) is 1.81. The molecule has 1 aliphatic rings. The number of anilines is 1. The summed E-state index contributed by atoms with van der Waals surface area (Å²) in [6.45, 7) is 3.49. The summed E-state index contributed by atoms with van der Waals surface area (Å²) in [6.07, 6.45) is 5.62. The Hall–Kier alpha value is -0.680. The van der Waals surface area contributed by atoms with Crippen molar-refractivity contribution in [2.45, 2.75) is 38.7 Å². The zero-order valence-corrected chi connectivity index (χ0v) is 9.85. The lowest BCUT2D eigenvalue weighted by Crippen LogP contribution is -2.15. The monoisotopic (exact) mass is 227 g/mol. The summed E-state index contributed by atoms with van der Waals surface area (Å²) in [7, 11) is 0. The third kappa shape index (κ3) is 3.43. The number of aromatic nitrogens is 2. The molecule has 1 aromatic heterocycles. The average Bonchev–Trinajstić information content (AvgIpc) is 2.84. The summed E-state index contributed by atoms with van der Waals surface area (Å²) in [6, 6.07) is 0. The van der Waals surface area contributed by atoms with Gasteiger partial charge in [-0.2, -0.15) is 4.37 Å². The van der Waals surface area contributed by atoms with Gasteiger partial charge in [-0.1, -0.05) is 12.8 Å². The van der Waals surface area contributed by atoms with Crippen molar-refractivity contribution in [3.63, 3.8) is 0 Å². The minimum atomic E-state index is 0.503. The van der Waals surface area contributed by atoms with Crippen LogP contribution in [0.2, 0.25) is 0 Å². The third-order valence-electron chi connectivity index (χ3n) is 2.56. The number of nitrogens with zero attached hydrogens (tertiary/aromatic N) is 2. The molecule has 4 nitrogen and oxygen atoms in total. The molecule has 0 aliphatic heterocycles. The summed E-state index contributed by atoms with van der Waals surface area (Å²) >= 11 is 1.40. The Kier molecular flexibility index (Phi) is 3.91. The summed E-state index contributed by atoms with van der Waals surface area (Å²) in [5.41, 5.74) is 0. The first-order chi connectivity index (χ1) is 7.34. The molecule has 1 fully saturated rings. The van der Waals surface area contributed by atoms with Crippen LogP contribution in [0.3, 0.4) is 0 Å². The van der Waals surface area contributed by atoms with Crippen LogP contribution in [0.15, 0.2) is 0 Å². The maximum Gasteiger partial charge on any atom is 0.202 e. The van der Waals surface area contributed by atoms with Crippen LogP contribution in [0, 0.1) is 6.92 Å². The number of ether oxygens (including phenoxy) is 1. The summed E-state index contributed by atoms with van der Waals surface area (Å²) < 4.78 is 9.83. The molecule has 1 N–H and O–H groups in total. The zero-order valence-electron chi connectivity index (χ0n) is 9.03. The lowest BCUT2D eigenvalue weighted by Gasteiger charge is -2.10. The first-order valence-corrected chi connectivity index (χ1v) is 6.28. The van der Waals surface area contributed by atoms with E-state index in [0.717, 1.165) is 24.1 Å². The van der Waals surface area contributed by atoms with Gasteiger partial charge in [0.2, 0.25) is 5.13 Å². The summed E-state index contributed by atoms with van der Waals surface area (Å²) in [5, 5.41) is 4.10. The van der Waals surface area contributed by atoms with Crippen LogP contribution in [0.5, 0.6) is 0 Å². The molecule has 5 heteroatoms. The van der Waals surface area contributed by atoms with Gasteiger partial charge >= 0.3 is 0 Å². The van der Waals surface area contributed by atoms with Crippen molar-refractivity contribution in [3.8, 4) is 0 Å². The molecule has 84 valence electrons. The first-order valence-electron chi connectivity index (χ1n) is 5.50. The van der Waals surface area contributed by atoms with Crippen molar-refractivity contribution in [2.75, 3.05) is 18.5 Å². The Bertz CT molecular complexity index is 297. The SMILES string of the molecule is Cc1nsc(NCCOC2CCCC2)n1. The van der Waals surface area contributed by atoms with Gasteiger partial charge in [0.25, 0.3) is 0 Å². The second-order valence-electron chi connectivity index (χ2n) is 3.85. The predicted octanol–water partition coefficient (Wildman–Crippen LogP) is 2.22. The topological polar surface area (TPSA) is 47.0 Å². The van der Waals surface area contributed by atoms with Crippen molar-refractivity contribution < 1.29 is 4.74 Å². The van der Waals surface area contributed by atoms with E-state index < -0.39 is 0 Å². The van der Waals surface area contributed by atoms with Gasteiger partial charge in [0.05, 0.1) is 12.7 Å². The van der Waals surface area contributed by atoms with Gasteiger partial charge in [-0.3, -0.25) is 0 Å². The Morgan fingerprint density at radius 2 is 2.27 bits per heavy atom. The van der Waals surface area contributed by atoms with Gasteiger partial charge in [0.15, 0.2) is 0 Å². The van der Waals surface area contributed by atoms with Crippen LogP contribution < -0.4 is 5.32 Å². The minimum absolute atomic E-state index is 0.503. The predicted molar refractivity (Wildman–Crippen MR) is 61.3 cm³/mol. The Balaban J connectivity index is 1.58. The smallest absolute Gasteiger partial charge is 0.202 e. The second kappa shape index (κ2) is 5.42. The molecule has 1 aromatic rings. The third-order valence-corrected chi connectivity index (χ3v) is 3.33. The van der Waals surface area contributed by atoms with Gasteiger partial charge in [-0.15, -0.1) is 0 Å². The molecular formula is C10H17N3OS. The van der Waals surface area contributed by atoms with E-state index in [2.05, 4.69) is 14.7 Å². The van der Waals surface area contributed by atoms with E-state index in [1.807, 2.05) is 6.92 Å². The highest BCUT2D eigenvalue weighted by molar-refractivity contribution is 7.09. The van der Waals surface area contributed by atoms with Gasteiger partial charge in [0.1, 0.15) is 5.82 Å². The molecular weight excluding hydrogens is 210 g/mol. The van der Waals surface area contributed by atoms with Gasteiger partial charge in [0, 0.05) is 18.1 Å². The van der Waals surface area contributed by atoms with Crippen LogP contribution in [-0.2, 0) is 4.74 Å². The summed E-state index contributed by atoms with van der Waals surface area (Å²) in [5.74, 6) is 0.833. The van der Waals surface area contributed by atoms with E-state index in [-0.39, 0.29) is 0 Å². The fourth-order valence-corrected chi connectivity index (χ4v) is 2.41. The van der Waals surface area contributed by atoms with Crippen LogP contribution in [0.4, 0.5) is 5.13 Å². The molecule has 1 saturated carbocycles. The normalized spacial score (nSPS) is 17.1. The molecule has 0 amide bonds. The molecule has 2 rings (SSSR count). The lowest BCUT2D eigenvalue weighted by atomic mass is 10.3. The quantitative estimate of drug-likeness (QED) is 0.783. The molecule has 0 saturated heterocycles. The highest BCUT2D eigenvalue weighted by Gasteiger charge is 2.14. The maximum absolute atomic E-state index is 5.73. The van der Waals surface area contributed by atoms with Crippen molar-refractivity contribution in [2.24, 2.45) is 0 Å². The van der Waals surface area contributed by atoms with Crippen LogP contribution in [0.1, 0.15) is 31.5 Å². The van der Waals surface area contributed by atoms with Crippen LogP contribution in [0.25, 0.3) is 0 Å². The van der Waals surface area contributed by atoms with E-state index in [1.165, 1.54) is 37.2 Å². The van der Waals surface area contributed by atoms with Crippen molar-refractivity contribution in [3.05, 3.63) is 5.82 Å². The van der Waals surface area contributed by atoms with E-state index in [9.17, 15) is 0 Å². The van der Waals surface area contributed by atoms with Crippen molar-refractivity contribution in [1.82, 2.24) is 9.36 Å². The van der Waals surface area contributed by atoms with Gasteiger partial charge in [-0.05, 0) is 19.8 Å². The minimum Gasteiger partial charge on any atom is -0.376 e. The number of nitrogens with one attached hydrogen (secondary N) is 1. The Morgan fingerprint density at radius 3 is 2.93 bits per heavy atom. The van der Waals surface area contributed by atoms with Crippen LogP contribution >= 0.6 is 11.5 Å². The fraction of sp³-hybridized carbons (Fsp3) is 0.800. The second-order valence-corrected chi connectivity index (χ2v) is 4.60.